The van der Waals surface area contributed by atoms with Crippen molar-refractivity contribution in [3.63, 3.8) is 0 Å². The molecule has 1 atom stereocenters. The Hall–Kier alpha value is -2.05. The molecule has 2 amide bonds. The third kappa shape index (κ3) is 5.21. The van der Waals surface area contributed by atoms with Gasteiger partial charge in [-0.15, -0.1) is 0 Å². The van der Waals surface area contributed by atoms with Crippen molar-refractivity contribution in [2.75, 3.05) is 19.6 Å². The summed E-state index contributed by atoms with van der Waals surface area (Å²) in [5, 5.41) is 2.81. The van der Waals surface area contributed by atoms with Gasteiger partial charge < -0.3 is 10.2 Å². The van der Waals surface area contributed by atoms with Crippen molar-refractivity contribution in [3.8, 4) is 0 Å². The van der Waals surface area contributed by atoms with Crippen LogP contribution in [0.5, 0.6) is 0 Å². The molecule has 1 saturated heterocycles. The van der Waals surface area contributed by atoms with Gasteiger partial charge in [-0.1, -0.05) is 25.5 Å². The third-order valence-electron chi connectivity index (χ3n) is 4.36. The second-order valence-corrected chi connectivity index (χ2v) is 6.31. The predicted molar refractivity (Wildman–Crippen MR) is 88.4 cm³/mol. The Morgan fingerprint density at radius 1 is 1.32 bits per heavy atom. The van der Waals surface area contributed by atoms with Gasteiger partial charge in [0, 0.05) is 31.1 Å². The Morgan fingerprint density at radius 3 is 2.76 bits per heavy atom. The first-order valence-corrected chi connectivity index (χ1v) is 8.57. The van der Waals surface area contributed by atoms with Crippen LogP contribution in [0.2, 0.25) is 0 Å². The molecule has 1 aliphatic rings. The van der Waals surface area contributed by atoms with E-state index in [1.165, 1.54) is 12.1 Å². The fourth-order valence-corrected chi connectivity index (χ4v) is 2.94. The molecule has 0 aromatic heterocycles. The monoisotopic (exact) mass is 356 g/mol. The molecule has 1 aromatic carbocycles. The SMILES string of the molecule is CCCCNC(=O)N1CCCC(C(=O)c2cccc(C(F)(F)F)c2)C1. The van der Waals surface area contributed by atoms with Crippen LogP contribution in [0.3, 0.4) is 0 Å². The molecule has 0 bridgehead atoms. The standard InChI is InChI=1S/C18H23F3N2O2/c1-2-3-9-22-17(25)23-10-5-7-14(12-23)16(24)13-6-4-8-15(11-13)18(19,20)21/h4,6,8,11,14H,2-3,5,7,9-10,12H2,1H3,(H,22,25). The Labute approximate surface area is 145 Å². The zero-order valence-corrected chi connectivity index (χ0v) is 14.2. The van der Waals surface area contributed by atoms with Gasteiger partial charge in [-0.2, -0.15) is 13.2 Å². The number of halogens is 3. The van der Waals surface area contributed by atoms with Crippen LogP contribution < -0.4 is 5.32 Å². The highest BCUT2D eigenvalue weighted by atomic mass is 19.4. The van der Waals surface area contributed by atoms with Gasteiger partial charge in [0.2, 0.25) is 0 Å². The van der Waals surface area contributed by atoms with E-state index >= 15 is 0 Å². The molecule has 138 valence electrons. The summed E-state index contributed by atoms with van der Waals surface area (Å²) in [6.45, 7) is 3.41. The molecule has 25 heavy (non-hydrogen) atoms. The van der Waals surface area contributed by atoms with E-state index in [0.717, 1.165) is 25.0 Å². The van der Waals surface area contributed by atoms with Crippen LogP contribution in [0.1, 0.15) is 48.5 Å². The number of hydrogen-bond acceptors (Lipinski definition) is 2. The minimum absolute atomic E-state index is 0.0491. The second kappa shape index (κ2) is 8.36. The average molecular weight is 356 g/mol. The molecule has 2 rings (SSSR count). The van der Waals surface area contributed by atoms with Crippen molar-refractivity contribution in [2.24, 2.45) is 5.92 Å². The number of benzene rings is 1. The first-order chi connectivity index (χ1) is 11.8. The highest BCUT2D eigenvalue weighted by Gasteiger charge is 2.33. The smallest absolute Gasteiger partial charge is 0.338 e. The Morgan fingerprint density at radius 2 is 2.08 bits per heavy atom. The minimum Gasteiger partial charge on any atom is -0.338 e. The molecule has 0 radical (unpaired) electrons. The number of Topliss-reactive ketones (excluding diaryl/α,β-unsaturated/α-hetero) is 1. The summed E-state index contributed by atoms with van der Waals surface area (Å²) < 4.78 is 38.4. The molecule has 0 saturated carbocycles. The highest BCUT2D eigenvalue weighted by molar-refractivity contribution is 5.98. The van der Waals surface area contributed by atoms with Gasteiger partial charge in [0.1, 0.15) is 0 Å². The number of urea groups is 1. The molecule has 0 spiro atoms. The molecule has 1 heterocycles. The fourth-order valence-electron chi connectivity index (χ4n) is 2.94. The number of piperidine rings is 1. The molecule has 1 aliphatic heterocycles. The number of hydrogen-bond donors (Lipinski definition) is 1. The summed E-state index contributed by atoms with van der Waals surface area (Å²) >= 11 is 0. The summed E-state index contributed by atoms with van der Waals surface area (Å²) in [6.07, 6.45) is -1.39. The van der Waals surface area contributed by atoms with Crippen LogP contribution in [-0.2, 0) is 6.18 Å². The van der Waals surface area contributed by atoms with E-state index in [9.17, 15) is 22.8 Å². The lowest BCUT2D eigenvalue weighted by Crippen LogP contribution is -2.47. The zero-order valence-electron chi connectivity index (χ0n) is 14.2. The van der Waals surface area contributed by atoms with Crippen molar-refractivity contribution >= 4 is 11.8 Å². The Balaban J connectivity index is 2.03. The minimum atomic E-state index is -4.48. The number of likely N-dealkylation sites (tertiary alicyclic amines) is 1. The van der Waals surface area contributed by atoms with Crippen molar-refractivity contribution in [1.82, 2.24) is 10.2 Å². The van der Waals surface area contributed by atoms with Crippen molar-refractivity contribution < 1.29 is 22.8 Å². The summed E-state index contributed by atoms with van der Waals surface area (Å²) in [7, 11) is 0. The normalized spacial score (nSPS) is 18.1. The van der Waals surface area contributed by atoms with Crippen LogP contribution in [0.4, 0.5) is 18.0 Å². The van der Waals surface area contributed by atoms with E-state index in [1.807, 2.05) is 6.92 Å². The Kier molecular flexibility index (Phi) is 6.45. The first-order valence-electron chi connectivity index (χ1n) is 8.57. The van der Waals surface area contributed by atoms with Crippen LogP contribution in [0.15, 0.2) is 24.3 Å². The number of rotatable bonds is 5. The summed E-state index contributed by atoms with van der Waals surface area (Å²) in [5.74, 6) is -0.800. The molecule has 1 N–H and O–H groups in total. The van der Waals surface area contributed by atoms with E-state index in [1.54, 1.807) is 4.90 Å². The highest BCUT2D eigenvalue weighted by Crippen LogP contribution is 2.30. The van der Waals surface area contributed by atoms with Crippen LogP contribution >= 0.6 is 0 Å². The van der Waals surface area contributed by atoms with Gasteiger partial charge in [0.15, 0.2) is 5.78 Å². The van der Waals surface area contributed by atoms with E-state index in [-0.39, 0.29) is 23.9 Å². The lowest BCUT2D eigenvalue weighted by atomic mass is 9.89. The number of nitrogens with one attached hydrogen (secondary N) is 1. The number of unbranched alkanes of at least 4 members (excludes halogenated alkanes) is 1. The average Bonchev–Trinajstić information content (AvgIpc) is 2.60. The first kappa shape index (κ1) is 19.3. The number of nitrogens with zero attached hydrogens (tertiary/aromatic N) is 1. The van der Waals surface area contributed by atoms with Gasteiger partial charge in [0.05, 0.1) is 5.56 Å². The zero-order chi connectivity index (χ0) is 18.4. The summed E-state index contributed by atoms with van der Waals surface area (Å²) in [6, 6.07) is 4.27. The van der Waals surface area contributed by atoms with E-state index < -0.39 is 17.7 Å². The number of ketones is 1. The summed E-state index contributed by atoms with van der Waals surface area (Å²) in [4.78, 5) is 26.3. The summed E-state index contributed by atoms with van der Waals surface area (Å²) in [5.41, 5.74) is -0.781. The van der Waals surface area contributed by atoms with Crippen LogP contribution in [-0.4, -0.2) is 36.3 Å². The second-order valence-electron chi connectivity index (χ2n) is 6.31. The molecular formula is C18H23F3N2O2. The van der Waals surface area contributed by atoms with Crippen LogP contribution in [0, 0.1) is 5.92 Å². The van der Waals surface area contributed by atoms with Gasteiger partial charge in [0.25, 0.3) is 0 Å². The van der Waals surface area contributed by atoms with E-state index in [4.69, 9.17) is 0 Å². The van der Waals surface area contributed by atoms with Gasteiger partial charge in [-0.05, 0) is 31.4 Å². The van der Waals surface area contributed by atoms with E-state index in [2.05, 4.69) is 5.32 Å². The maximum atomic E-state index is 12.8. The lowest BCUT2D eigenvalue weighted by Gasteiger charge is -2.32. The molecular weight excluding hydrogens is 333 g/mol. The number of alkyl halides is 3. The molecule has 1 fully saturated rings. The van der Waals surface area contributed by atoms with Crippen molar-refractivity contribution in [1.29, 1.82) is 0 Å². The predicted octanol–water partition coefficient (Wildman–Crippen LogP) is 4.11. The van der Waals surface area contributed by atoms with Gasteiger partial charge in [-0.3, -0.25) is 4.79 Å². The molecule has 7 heteroatoms. The Bertz CT molecular complexity index is 617. The number of carbonyl (C=O) groups excluding carboxylic acids is 2. The molecule has 1 unspecified atom stereocenters. The molecule has 1 aromatic rings. The maximum absolute atomic E-state index is 12.8. The third-order valence-corrected chi connectivity index (χ3v) is 4.36. The number of carbonyl (C=O) groups is 2. The lowest BCUT2D eigenvalue weighted by molar-refractivity contribution is -0.137. The van der Waals surface area contributed by atoms with Gasteiger partial charge in [-0.25, -0.2) is 4.79 Å². The van der Waals surface area contributed by atoms with Crippen molar-refractivity contribution in [2.45, 2.75) is 38.8 Å². The topological polar surface area (TPSA) is 49.4 Å². The quantitative estimate of drug-likeness (QED) is 0.638. The molecule has 0 aliphatic carbocycles. The van der Waals surface area contributed by atoms with E-state index in [0.29, 0.717) is 25.9 Å². The van der Waals surface area contributed by atoms with Crippen LogP contribution in [0.25, 0.3) is 0 Å². The van der Waals surface area contributed by atoms with Crippen molar-refractivity contribution in [3.05, 3.63) is 35.4 Å². The largest absolute Gasteiger partial charge is 0.416 e. The maximum Gasteiger partial charge on any atom is 0.416 e. The van der Waals surface area contributed by atoms with Gasteiger partial charge >= 0.3 is 12.2 Å². The fraction of sp³-hybridized carbons (Fsp3) is 0.556. The number of amides is 2. The molecule has 4 nitrogen and oxygen atoms in total.